The van der Waals surface area contributed by atoms with Gasteiger partial charge in [-0.1, -0.05) is 35.5 Å². The minimum absolute atomic E-state index is 0.317. The molecule has 0 spiro atoms. The summed E-state index contributed by atoms with van der Waals surface area (Å²) in [5, 5.41) is 3.99. The van der Waals surface area contributed by atoms with Crippen molar-refractivity contribution in [2.24, 2.45) is 5.16 Å². The topological polar surface area (TPSA) is 88.5 Å². The van der Waals surface area contributed by atoms with Crippen molar-refractivity contribution in [3.63, 3.8) is 0 Å². The first-order chi connectivity index (χ1) is 11.1. The molecule has 0 fully saturated rings. The molecule has 0 bridgehead atoms. The van der Waals surface area contributed by atoms with Gasteiger partial charge in [-0.3, -0.25) is 15.6 Å². The standard InChI is InChI=1S/C16H17N5O2/c1-10-8-11(2)18-16(17-10)20-19-15(22)14-9-13(21-23-14)12-6-4-3-5-7-12/h3-8,14H,9H2,1-2H3,(H,19,22)(H,17,18,20)/t14-/m0/s1. The molecule has 7 heteroatoms. The van der Waals surface area contributed by atoms with E-state index in [1.165, 1.54) is 0 Å². The van der Waals surface area contributed by atoms with E-state index in [-0.39, 0.29) is 5.91 Å². The van der Waals surface area contributed by atoms with E-state index in [4.69, 9.17) is 4.84 Å². The molecule has 1 aliphatic heterocycles. The Kier molecular flexibility index (Phi) is 4.18. The van der Waals surface area contributed by atoms with Crippen molar-refractivity contribution in [3.05, 3.63) is 53.3 Å². The van der Waals surface area contributed by atoms with Gasteiger partial charge < -0.3 is 4.84 Å². The monoisotopic (exact) mass is 311 g/mol. The lowest BCUT2D eigenvalue weighted by atomic mass is 10.1. The van der Waals surface area contributed by atoms with Crippen molar-refractivity contribution in [2.75, 3.05) is 5.43 Å². The van der Waals surface area contributed by atoms with Crippen molar-refractivity contribution in [1.82, 2.24) is 15.4 Å². The molecule has 1 amide bonds. The number of oxime groups is 1. The van der Waals surface area contributed by atoms with Crippen molar-refractivity contribution in [3.8, 4) is 0 Å². The second-order valence-electron chi connectivity index (χ2n) is 5.29. The molecule has 118 valence electrons. The minimum atomic E-state index is -0.663. The van der Waals surface area contributed by atoms with Crippen LogP contribution in [0.2, 0.25) is 0 Å². The highest BCUT2D eigenvalue weighted by Crippen LogP contribution is 2.16. The average molecular weight is 311 g/mol. The van der Waals surface area contributed by atoms with Crippen LogP contribution in [0.1, 0.15) is 23.4 Å². The Hall–Kier alpha value is -2.96. The van der Waals surface area contributed by atoms with Gasteiger partial charge in [0.05, 0.1) is 5.71 Å². The van der Waals surface area contributed by atoms with Gasteiger partial charge in [0.2, 0.25) is 12.1 Å². The fourth-order valence-corrected chi connectivity index (χ4v) is 2.30. The summed E-state index contributed by atoms with van der Waals surface area (Å²) >= 11 is 0. The number of nitrogens with one attached hydrogen (secondary N) is 2. The van der Waals surface area contributed by atoms with Crippen LogP contribution < -0.4 is 10.9 Å². The van der Waals surface area contributed by atoms with Crippen LogP contribution in [0.5, 0.6) is 0 Å². The zero-order valence-corrected chi connectivity index (χ0v) is 12.9. The van der Waals surface area contributed by atoms with Crippen molar-refractivity contribution in [2.45, 2.75) is 26.4 Å². The third kappa shape index (κ3) is 3.63. The molecule has 23 heavy (non-hydrogen) atoms. The van der Waals surface area contributed by atoms with Crippen LogP contribution in [0.15, 0.2) is 41.6 Å². The van der Waals surface area contributed by atoms with Gasteiger partial charge in [0.25, 0.3) is 5.91 Å². The summed E-state index contributed by atoms with van der Waals surface area (Å²) in [6.07, 6.45) is -0.241. The zero-order chi connectivity index (χ0) is 16.2. The SMILES string of the molecule is Cc1cc(C)nc(NNC(=O)[C@@H]2CC(c3ccccc3)=NO2)n1. The average Bonchev–Trinajstić information content (AvgIpc) is 3.03. The lowest BCUT2D eigenvalue weighted by molar-refractivity contribution is -0.130. The molecule has 2 heterocycles. The van der Waals surface area contributed by atoms with Crippen LogP contribution in [0, 0.1) is 13.8 Å². The molecular formula is C16H17N5O2. The molecular weight excluding hydrogens is 294 g/mol. The summed E-state index contributed by atoms with van der Waals surface area (Å²) in [5.41, 5.74) is 8.61. The Morgan fingerprint density at radius 3 is 2.57 bits per heavy atom. The molecule has 0 unspecified atom stereocenters. The lowest BCUT2D eigenvalue weighted by Crippen LogP contribution is -2.39. The minimum Gasteiger partial charge on any atom is -0.382 e. The van der Waals surface area contributed by atoms with Crippen molar-refractivity contribution < 1.29 is 9.63 Å². The Morgan fingerprint density at radius 2 is 1.87 bits per heavy atom. The molecule has 2 N–H and O–H groups in total. The Bertz CT molecular complexity index is 725. The van der Waals surface area contributed by atoms with Crippen LogP contribution in [0.25, 0.3) is 0 Å². The van der Waals surface area contributed by atoms with Crippen molar-refractivity contribution >= 4 is 17.6 Å². The summed E-state index contributed by atoms with van der Waals surface area (Å²) in [4.78, 5) is 25.7. The van der Waals surface area contributed by atoms with Crippen LogP contribution in [0.4, 0.5) is 5.95 Å². The van der Waals surface area contributed by atoms with E-state index in [2.05, 4.69) is 26.0 Å². The third-order valence-corrected chi connectivity index (χ3v) is 3.35. The molecule has 1 aliphatic rings. The molecule has 7 nitrogen and oxygen atoms in total. The molecule has 0 saturated carbocycles. The summed E-state index contributed by atoms with van der Waals surface area (Å²) in [5.74, 6) is 0.0282. The second-order valence-corrected chi connectivity index (χ2v) is 5.29. The van der Waals surface area contributed by atoms with Crippen LogP contribution in [-0.2, 0) is 9.63 Å². The molecule has 3 rings (SSSR count). The largest absolute Gasteiger partial charge is 0.382 e. The third-order valence-electron chi connectivity index (χ3n) is 3.35. The molecule has 1 aromatic heterocycles. The number of rotatable bonds is 4. The summed E-state index contributed by atoms with van der Waals surface area (Å²) in [7, 11) is 0. The highest BCUT2D eigenvalue weighted by Gasteiger charge is 2.28. The summed E-state index contributed by atoms with van der Waals surface area (Å²) in [6, 6.07) is 11.5. The highest BCUT2D eigenvalue weighted by molar-refractivity contribution is 6.04. The number of hydrazine groups is 1. The van der Waals surface area contributed by atoms with Gasteiger partial charge in [0.15, 0.2) is 0 Å². The van der Waals surface area contributed by atoms with Gasteiger partial charge in [-0.05, 0) is 25.5 Å². The number of aryl methyl sites for hydroxylation is 2. The number of anilines is 1. The van der Waals surface area contributed by atoms with E-state index >= 15 is 0 Å². The number of benzene rings is 1. The number of nitrogens with zero attached hydrogens (tertiary/aromatic N) is 3. The van der Waals surface area contributed by atoms with E-state index in [0.717, 1.165) is 22.7 Å². The Balaban J connectivity index is 1.56. The van der Waals surface area contributed by atoms with E-state index in [9.17, 15) is 4.79 Å². The molecule has 0 aliphatic carbocycles. The molecule has 0 saturated heterocycles. The Morgan fingerprint density at radius 1 is 1.17 bits per heavy atom. The van der Waals surface area contributed by atoms with Crippen molar-refractivity contribution in [1.29, 1.82) is 0 Å². The van der Waals surface area contributed by atoms with Gasteiger partial charge in [-0.15, -0.1) is 0 Å². The maximum atomic E-state index is 12.1. The maximum absolute atomic E-state index is 12.1. The van der Waals surface area contributed by atoms with Crippen LogP contribution in [-0.4, -0.2) is 27.7 Å². The van der Waals surface area contributed by atoms with Gasteiger partial charge in [-0.25, -0.2) is 9.97 Å². The number of aromatic nitrogens is 2. The van der Waals surface area contributed by atoms with E-state index in [1.54, 1.807) is 0 Å². The first kappa shape index (κ1) is 15.0. The van der Waals surface area contributed by atoms with E-state index in [0.29, 0.717) is 12.4 Å². The maximum Gasteiger partial charge on any atom is 0.282 e. The number of hydrogen-bond acceptors (Lipinski definition) is 6. The van der Waals surface area contributed by atoms with Crippen LogP contribution >= 0.6 is 0 Å². The number of carbonyl (C=O) groups is 1. The van der Waals surface area contributed by atoms with Gasteiger partial charge in [0, 0.05) is 17.8 Å². The summed E-state index contributed by atoms with van der Waals surface area (Å²) in [6.45, 7) is 3.73. The smallest absolute Gasteiger partial charge is 0.282 e. The molecule has 1 aromatic carbocycles. The predicted octanol–water partition coefficient (Wildman–Crippen LogP) is 1.73. The normalized spacial score (nSPS) is 16.4. The van der Waals surface area contributed by atoms with Crippen LogP contribution in [0.3, 0.4) is 0 Å². The molecule has 0 radical (unpaired) electrons. The fraction of sp³-hybridized carbons (Fsp3) is 0.250. The Labute approximate surface area is 133 Å². The molecule has 1 atom stereocenters. The van der Waals surface area contributed by atoms with Gasteiger partial charge >= 0.3 is 0 Å². The zero-order valence-electron chi connectivity index (χ0n) is 12.9. The van der Waals surface area contributed by atoms with E-state index in [1.807, 2.05) is 50.2 Å². The number of amides is 1. The highest BCUT2D eigenvalue weighted by atomic mass is 16.6. The fourth-order valence-electron chi connectivity index (χ4n) is 2.30. The van der Waals surface area contributed by atoms with E-state index < -0.39 is 6.10 Å². The summed E-state index contributed by atoms with van der Waals surface area (Å²) < 4.78 is 0. The first-order valence-electron chi connectivity index (χ1n) is 7.28. The predicted molar refractivity (Wildman–Crippen MR) is 85.7 cm³/mol. The second kappa shape index (κ2) is 6.43. The lowest BCUT2D eigenvalue weighted by Gasteiger charge is -2.11. The van der Waals surface area contributed by atoms with Gasteiger partial charge in [-0.2, -0.15) is 0 Å². The first-order valence-corrected chi connectivity index (χ1v) is 7.28. The van der Waals surface area contributed by atoms with Gasteiger partial charge in [0.1, 0.15) is 0 Å². The number of carbonyl (C=O) groups excluding carboxylic acids is 1. The molecule has 2 aromatic rings. The quantitative estimate of drug-likeness (QED) is 0.840. The number of hydrogen-bond donors (Lipinski definition) is 2.